The Morgan fingerprint density at radius 3 is 2.52 bits per heavy atom. The zero-order valence-electron chi connectivity index (χ0n) is 11.7. The predicted molar refractivity (Wildman–Crippen MR) is 79.1 cm³/mol. The Bertz CT molecular complexity index is 701. The smallest absolute Gasteiger partial charge is 0.297 e. The number of methoxy groups -OCH3 is 1. The Balaban J connectivity index is 2.50. The van der Waals surface area contributed by atoms with E-state index in [1.54, 1.807) is 19.2 Å². The van der Waals surface area contributed by atoms with Gasteiger partial charge in [-0.15, -0.1) is 10.2 Å². The average Bonchev–Trinajstić information content (AvgIpc) is 2.83. The second-order valence-electron chi connectivity index (χ2n) is 4.77. The zero-order valence-corrected chi connectivity index (χ0v) is 13.3. The molecule has 6 nitrogen and oxygen atoms in total. The van der Waals surface area contributed by atoms with E-state index in [0.717, 1.165) is 0 Å². The minimum absolute atomic E-state index is 0.174. The number of hydrogen-bond acceptors (Lipinski definition) is 5. The third-order valence-electron chi connectivity index (χ3n) is 2.92. The molecular formula is C13H16ClN3O3S. The molecule has 1 atom stereocenters. The number of benzene rings is 1. The van der Waals surface area contributed by atoms with Crippen LogP contribution >= 0.6 is 10.7 Å². The van der Waals surface area contributed by atoms with Crippen LogP contribution in [-0.2, 0) is 20.2 Å². The summed E-state index contributed by atoms with van der Waals surface area (Å²) in [5.74, 6) is 0.706. The van der Waals surface area contributed by atoms with Crippen LogP contribution in [0.4, 0.5) is 0 Å². The predicted octanol–water partition coefficient (Wildman–Crippen LogP) is 2.02. The van der Waals surface area contributed by atoms with Gasteiger partial charge in [-0.25, -0.2) is 8.42 Å². The highest BCUT2D eigenvalue weighted by molar-refractivity contribution is 8.13. The topological polar surface area (TPSA) is 74.1 Å². The largest absolute Gasteiger partial charge is 0.384 e. The van der Waals surface area contributed by atoms with Crippen molar-refractivity contribution in [1.29, 1.82) is 0 Å². The molecule has 2 aromatic rings. The highest BCUT2D eigenvalue weighted by atomic mass is 35.7. The molecule has 0 aliphatic rings. The van der Waals surface area contributed by atoms with E-state index in [2.05, 4.69) is 10.2 Å². The maximum absolute atomic E-state index is 11.7. The minimum atomic E-state index is -3.98. The molecule has 0 radical (unpaired) electrons. The molecule has 0 bridgehead atoms. The van der Waals surface area contributed by atoms with E-state index in [0.29, 0.717) is 24.5 Å². The Labute approximate surface area is 128 Å². The van der Waals surface area contributed by atoms with Crippen molar-refractivity contribution in [3.63, 3.8) is 0 Å². The lowest BCUT2D eigenvalue weighted by Crippen LogP contribution is -2.13. The van der Waals surface area contributed by atoms with E-state index < -0.39 is 9.05 Å². The SMILES string of the molecule is COCC(C)Cc1nnc(S(=O)(=O)Cl)n1-c1ccccc1. The van der Waals surface area contributed by atoms with Crippen molar-refractivity contribution < 1.29 is 13.2 Å². The Morgan fingerprint density at radius 1 is 1.29 bits per heavy atom. The van der Waals surface area contributed by atoms with Gasteiger partial charge in [0.1, 0.15) is 5.82 Å². The summed E-state index contributed by atoms with van der Waals surface area (Å²) < 4.78 is 29.9. The Morgan fingerprint density at radius 2 is 1.95 bits per heavy atom. The first-order chi connectivity index (χ1) is 9.93. The van der Waals surface area contributed by atoms with Crippen molar-refractivity contribution in [3.05, 3.63) is 36.2 Å². The number of nitrogens with zero attached hydrogens (tertiary/aromatic N) is 3. The first-order valence-corrected chi connectivity index (χ1v) is 8.67. The fourth-order valence-corrected chi connectivity index (χ4v) is 2.95. The van der Waals surface area contributed by atoms with Crippen LogP contribution in [0.25, 0.3) is 5.69 Å². The fraction of sp³-hybridized carbons (Fsp3) is 0.385. The van der Waals surface area contributed by atoms with Crippen molar-refractivity contribution >= 4 is 19.7 Å². The van der Waals surface area contributed by atoms with Gasteiger partial charge in [-0.1, -0.05) is 25.1 Å². The van der Waals surface area contributed by atoms with Gasteiger partial charge in [0.2, 0.25) is 0 Å². The van der Waals surface area contributed by atoms with E-state index in [-0.39, 0.29) is 11.1 Å². The molecule has 2 rings (SSSR count). The summed E-state index contributed by atoms with van der Waals surface area (Å²) >= 11 is 0. The molecule has 1 aromatic heterocycles. The first-order valence-electron chi connectivity index (χ1n) is 6.36. The molecule has 1 heterocycles. The summed E-state index contributed by atoms with van der Waals surface area (Å²) in [6.45, 7) is 2.53. The summed E-state index contributed by atoms with van der Waals surface area (Å²) in [6, 6.07) is 9.01. The van der Waals surface area contributed by atoms with Crippen LogP contribution in [0.2, 0.25) is 0 Å². The number of halogens is 1. The second kappa shape index (κ2) is 6.55. The molecule has 0 aliphatic carbocycles. The van der Waals surface area contributed by atoms with E-state index in [4.69, 9.17) is 15.4 Å². The van der Waals surface area contributed by atoms with Crippen LogP contribution in [0.5, 0.6) is 0 Å². The molecule has 8 heteroatoms. The first kappa shape index (κ1) is 15.9. The maximum Gasteiger partial charge on any atom is 0.297 e. The van der Waals surface area contributed by atoms with Gasteiger partial charge in [0, 0.05) is 36.5 Å². The molecule has 0 N–H and O–H groups in total. The molecule has 1 aromatic carbocycles. The third kappa shape index (κ3) is 3.81. The quantitative estimate of drug-likeness (QED) is 0.758. The number of aromatic nitrogens is 3. The van der Waals surface area contributed by atoms with E-state index in [1.165, 1.54) is 4.57 Å². The molecule has 0 spiro atoms. The summed E-state index contributed by atoms with van der Waals surface area (Å²) in [4.78, 5) is 0. The van der Waals surface area contributed by atoms with E-state index >= 15 is 0 Å². The van der Waals surface area contributed by atoms with Gasteiger partial charge in [0.15, 0.2) is 0 Å². The van der Waals surface area contributed by atoms with Gasteiger partial charge in [0.05, 0.1) is 0 Å². The number of para-hydroxylation sites is 1. The number of rotatable bonds is 6. The highest BCUT2D eigenvalue weighted by Crippen LogP contribution is 2.21. The minimum Gasteiger partial charge on any atom is -0.384 e. The standard InChI is InChI=1S/C13H16ClN3O3S/c1-10(9-20-2)8-12-15-16-13(21(14,18)19)17(12)11-6-4-3-5-7-11/h3-7,10H,8-9H2,1-2H3. The van der Waals surface area contributed by atoms with Gasteiger partial charge >= 0.3 is 0 Å². The molecular weight excluding hydrogens is 314 g/mol. The molecule has 0 fully saturated rings. The maximum atomic E-state index is 11.7. The molecule has 0 aliphatic heterocycles. The lowest BCUT2D eigenvalue weighted by molar-refractivity contribution is 0.158. The monoisotopic (exact) mass is 329 g/mol. The van der Waals surface area contributed by atoms with Crippen LogP contribution < -0.4 is 0 Å². The van der Waals surface area contributed by atoms with Crippen molar-refractivity contribution in [2.24, 2.45) is 5.92 Å². The van der Waals surface area contributed by atoms with Crippen LogP contribution in [0, 0.1) is 5.92 Å². The summed E-state index contributed by atoms with van der Waals surface area (Å²) in [6.07, 6.45) is 0.530. The summed E-state index contributed by atoms with van der Waals surface area (Å²) in [7, 11) is 3.09. The van der Waals surface area contributed by atoms with Gasteiger partial charge in [-0.3, -0.25) is 4.57 Å². The van der Waals surface area contributed by atoms with Crippen LogP contribution in [0.15, 0.2) is 35.5 Å². The molecule has 21 heavy (non-hydrogen) atoms. The lowest BCUT2D eigenvalue weighted by Gasteiger charge is -2.12. The van der Waals surface area contributed by atoms with Crippen LogP contribution in [0.3, 0.4) is 0 Å². The van der Waals surface area contributed by atoms with Gasteiger partial charge in [-0.05, 0) is 18.1 Å². The Kier molecular flexibility index (Phi) is 4.97. The summed E-state index contributed by atoms with van der Waals surface area (Å²) in [5, 5.41) is 7.44. The molecule has 0 amide bonds. The van der Waals surface area contributed by atoms with Gasteiger partial charge < -0.3 is 4.74 Å². The van der Waals surface area contributed by atoms with Crippen molar-refractivity contribution in [2.75, 3.05) is 13.7 Å². The average molecular weight is 330 g/mol. The van der Waals surface area contributed by atoms with Crippen molar-refractivity contribution in [2.45, 2.75) is 18.5 Å². The zero-order chi connectivity index (χ0) is 15.5. The lowest BCUT2D eigenvalue weighted by atomic mass is 10.1. The molecule has 0 saturated heterocycles. The van der Waals surface area contributed by atoms with Crippen molar-refractivity contribution in [3.8, 4) is 5.69 Å². The van der Waals surface area contributed by atoms with Crippen LogP contribution in [-0.4, -0.2) is 36.9 Å². The fourth-order valence-electron chi connectivity index (χ4n) is 2.08. The van der Waals surface area contributed by atoms with Crippen molar-refractivity contribution in [1.82, 2.24) is 14.8 Å². The van der Waals surface area contributed by atoms with Crippen LogP contribution in [0.1, 0.15) is 12.7 Å². The molecule has 0 saturated carbocycles. The number of hydrogen-bond donors (Lipinski definition) is 0. The van der Waals surface area contributed by atoms with Gasteiger partial charge in [0.25, 0.3) is 14.2 Å². The normalized spacial score (nSPS) is 13.3. The second-order valence-corrected chi connectivity index (χ2v) is 7.23. The molecule has 114 valence electrons. The van der Waals surface area contributed by atoms with E-state index in [9.17, 15) is 8.42 Å². The summed E-state index contributed by atoms with van der Waals surface area (Å²) in [5.41, 5.74) is 0.654. The molecule has 1 unspecified atom stereocenters. The van der Waals surface area contributed by atoms with E-state index in [1.807, 2.05) is 25.1 Å². The Hall–Kier alpha value is -1.44. The third-order valence-corrected chi connectivity index (χ3v) is 4.03. The van der Waals surface area contributed by atoms with Gasteiger partial charge in [-0.2, -0.15) is 0 Å². The number of ether oxygens (including phenoxy) is 1. The highest BCUT2D eigenvalue weighted by Gasteiger charge is 2.24.